The number of anilines is 1. The summed E-state index contributed by atoms with van der Waals surface area (Å²) in [5, 5.41) is 4.48. The summed E-state index contributed by atoms with van der Waals surface area (Å²) < 4.78 is 3.76. The molecule has 0 spiro atoms. The molecule has 4 aromatic rings. The maximum atomic E-state index is 12.4. The van der Waals surface area contributed by atoms with Crippen molar-refractivity contribution in [3.8, 4) is 22.6 Å². The Kier molecular flexibility index (Phi) is 4.12. The maximum Gasteiger partial charge on any atom is 0.228 e. The Bertz CT molecular complexity index is 1220. The van der Waals surface area contributed by atoms with Crippen molar-refractivity contribution in [2.45, 2.75) is 26.3 Å². The number of hydrogen-bond donors (Lipinski definition) is 0. The SMILES string of the molecule is CCn1cnc2c(N3CCCC3=O)nc(-c3cccc(-c4ccn(C)n4)c3)nc21. The van der Waals surface area contributed by atoms with Crippen LogP contribution in [0.15, 0.2) is 42.9 Å². The molecule has 8 nitrogen and oxygen atoms in total. The minimum absolute atomic E-state index is 0.0873. The molecule has 4 heterocycles. The summed E-state index contributed by atoms with van der Waals surface area (Å²) in [6.07, 6.45) is 5.06. The van der Waals surface area contributed by atoms with Crippen LogP contribution < -0.4 is 4.90 Å². The number of aromatic nitrogens is 6. The van der Waals surface area contributed by atoms with Crippen molar-refractivity contribution in [1.29, 1.82) is 0 Å². The maximum absolute atomic E-state index is 12.4. The molecular formula is C21H21N7O. The topological polar surface area (TPSA) is 81.7 Å². The van der Waals surface area contributed by atoms with Gasteiger partial charge in [-0.2, -0.15) is 5.10 Å². The van der Waals surface area contributed by atoms with E-state index in [2.05, 4.69) is 10.1 Å². The van der Waals surface area contributed by atoms with E-state index in [0.717, 1.165) is 35.4 Å². The average Bonchev–Trinajstić information content (AvgIpc) is 3.46. The highest BCUT2D eigenvalue weighted by atomic mass is 16.2. The Morgan fingerprint density at radius 2 is 2.00 bits per heavy atom. The lowest BCUT2D eigenvalue weighted by Gasteiger charge is -2.16. The van der Waals surface area contributed by atoms with Gasteiger partial charge in [0.1, 0.15) is 0 Å². The smallest absolute Gasteiger partial charge is 0.228 e. The summed E-state index contributed by atoms with van der Waals surface area (Å²) in [7, 11) is 1.90. The molecule has 1 aliphatic rings. The average molecular weight is 387 g/mol. The Labute approximate surface area is 167 Å². The molecule has 0 aliphatic carbocycles. The lowest BCUT2D eigenvalue weighted by Crippen LogP contribution is -2.25. The molecule has 0 saturated carbocycles. The van der Waals surface area contributed by atoms with Crippen LogP contribution in [0.4, 0.5) is 5.82 Å². The van der Waals surface area contributed by atoms with Crippen LogP contribution in [0.2, 0.25) is 0 Å². The van der Waals surface area contributed by atoms with Gasteiger partial charge in [-0.05, 0) is 25.5 Å². The van der Waals surface area contributed by atoms with E-state index in [1.807, 2.05) is 55.1 Å². The van der Waals surface area contributed by atoms with Gasteiger partial charge in [0.25, 0.3) is 0 Å². The van der Waals surface area contributed by atoms with E-state index in [1.165, 1.54) is 0 Å². The second-order valence-corrected chi connectivity index (χ2v) is 7.18. The summed E-state index contributed by atoms with van der Waals surface area (Å²) in [6.45, 7) is 3.46. The number of fused-ring (bicyclic) bond motifs is 1. The fourth-order valence-electron chi connectivity index (χ4n) is 3.74. The van der Waals surface area contributed by atoms with Crippen molar-refractivity contribution >= 4 is 22.9 Å². The first-order valence-electron chi connectivity index (χ1n) is 9.77. The molecule has 1 aromatic carbocycles. The third kappa shape index (κ3) is 2.97. The minimum Gasteiger partial charge on any atom is -0.315 e. The summed E-state index contributed by atoms with van der Waals surface area (Å²) in [4.78, 5) is 28.2. The van der Waals surface area contributed by atoms with Gasteiger partial charge < -0.3 is 4.57 Å². The zero-order chi connectivity index (χ0) is 20.0. The number of carbonyl (C=O) groups excluding carboxylic acids is 1. The quantitative estimate of drug-likeness (QED) is 0.538. The molecule has 5 rings (SSSR count). The number of imidazole rings is 1. The first-order chi connectivity index (χ1) is 14.1. The molecule has 1 fully saturated rings. The molecule has 0 bridgehead atoms. The Morgan fingerprint density at radius 1 is 1.14 bits per heavy atom. The van der Waals surface area contributed by atoms with Gasteiger partial charge in [-0.25, -0.2) is 15.0 Å². The summed E-state index contributed by atoms with van der Waals surface area (Å²) >= 11 is 0. The molecule has 29 heavy (non-hydrogen) atoms. The van der Waals surface area contributed by atoms with Gasteiger partial charge in [0.15, 0.2) is 22.8 Å². The second kappa shape index (κ2) is 6.80. The Morgan fingerprint density at radius 3 is 2.72 bits per heavy atom. The van der Waals surface area contributed by atoms with Crippen molar-refractivity contribution in [2.75, 3.05) is 11.4 Å². The van der Waals surface area contributed by atoms with Crippen molar-refractivity contribution in [2.24, 2.45) is 7.05 Å². The van der Waals surface area contributed by atoms with Gasteiger partial charge >= 0.3 is 0 Å². The van der Waals surface area contributed by atoms with Gasteiger partial charge in [0.2, 0.25) is 5.91 Å². The number of aryl methyl sites for hydroxylation is 2. The third-order valence-corrected chi connectivity index (χ3v) is 5.25. The molecule has 0 unspecified atom stereocenters. The molecule has 1 amide bonds. The third-order valence-electron chi connectivity index (χ3n) is 5.25. The van der Waals surface area contributed by atoms with Crippen LogP contribution in [0.3, 0.4) is 0 Å². The number of benzene rings is 1. The molecule has 146 valence electrons. The summed E-state index contributed by atoms with van der Waals surface area (Å²) in [5.41, 5.74) is 4.19. The Hall–Kier alpha value is -3.55. The highest BCUT2D eigenvalue weighted by molar-refractivity contribution is 6.01. The van der Waals surface area contributed by atoms with Gasteiger partial charge in [0, 0.05) is 43.9 Å². The molecule has 0 radical (unpaired) electrons. The van der Waals surface area contributed by atoms with Crippen LogP contribution >= 0.6 is 0 Å². The van der Waals surface area contributed by atoms with E-state index in [1.54, 1.807) is 15.9 Å². The number of nitrogens with zero attached hydrogens (tertiary/aromatic N) is 7. The van der Waals surface area contributed by atoms with Gasteiger partial charge in [-0.3, -0.25) is 14.4 Å². The molecule has 1 saturated heterocycles. The zero-order valence-electron chi connectivity index (χ0n) is 16.4. The molecule has 0 N–H and O–H groups in total. The first-order valence-corrected chi connectivity index (χ1v) is 9.77. The standard InChI is InChI=1S/C21H21N7O/c1-3-27-13-22-18-20(27)23-19(24-21(18)28-10-5-8-17(28)29)15-7-4-6-14(12-15)16-9-11-26(2)25-16/h4,6-7,9,11-13H,3,5,8,10H2,1-2H3. The monoisotopic (exact) mass is 387 g/mol. The van der Waals surface area contributed by atoms with Crippen molar-refractivity contribution < 1.29 is 4.79 Å². The lowest BCUT2D eigenvalue weighted by molar-refractivity contribution is -0.117. The fourth-order valence-corrected chi connectivity index (χ4v) is 3.74. The van der Waals surface area contributed by atoms with Crippen LogP contribution in [-0.2, 0) is 18.4 Å². The molecule has 3 aromatic heterocycles. The van der Waals surface area contributed by atoms with Crippen molar-refractivity contribution in [3.63, 3.8) is 0 Å². The Balaban J connectivity index is 1.68. The fraction of sp³-hybridized carbons (Fsp3) is 0.286. The summed E-state index contributed by atoms with van der Waals surface area (Å²) in [5.74, 6) is 1.27. The van der Waals surface area contributed by atoms with E-state index in [0.29, 0.717) is 30.1 Å². The molecule has 1 aliphatic heterocycles. The normalized spacial score (nSPS) is 14.3. The van der Waals surface area contributed by atoms with Crippen LogP contribution in [0, 0.1) is 0 Å². The molecule has 0 atom stereocenters. The number of hydrogen-bond acceptors (Lipinski definition) is 5. The van der Waals surface area contributed by atoms with Gasteiger partial charge in [-0.15, -0.1) is 0 Å². The van der Waals surface area contributed by atoms with E-state index < -0.39 is 0 Å². The molecule has 8 heteroatoms. The predicted octanol–water partition coefficient (Wildman–Crippen LogP) is 3.04. The number of rotatable bonds is 4. The van der Waals surface area contributed by atoms with Crippen LogP contribution in [0.25, 0.3) is 33.8 Å². The van der Waals surface area contributed by atoms with E-state index in [4.69, 9.17) is 9.97 Å². The number of carbonyl (C=O) groups is 1. The van der Waals surface area contributed by atoms with Crippen molar-refractivity contribution in [1.82, 2.24) is 29.3 Å². The minimum atomic E-state index is 0.0873. The highest BCUT2D eigenvalue weighted by Gasteiger charge is 2.27. The number of amides is 1. The van der Waals surface area contributed by atoms with E-state index in [9.17, 15) is 4.79 Å². The molecular weight excluding hydrogens is 366 g/mol. The van der Waals surface area contributed by atoms with Crippen LogP contribution in [-0.4, -0.2) is 41.8 Å². The first kappa shape index (κ1) is 17.5. The van der Waals surface area contributed by atoms with Crippen LogP contribution in [0.1, 0.15) is 19.8 Å². The second-order valence-electron chi connectivity index (χ2n) is 7.18. The van der Waals surface area contributed by atoms with E-state index >= 15 is 0 Å². The lowest BCUT2D eigenvalue weighted by atomic mass is 10.1. The van der Waals surface area contributed by atoms with Crippen molar-refractivity contribution in [3.05, 3.63) is 42.9 Å². The van der Waals surface area contributed by atoms with Crippen LogP contribution in [0.5, 0.6) is 0 Å². The summed E-state index contributed by atoms with van der Waals surface area (Å²) in [6, 6.07) is 9.99. The highest BCUT2D eigenvalue weighted by Crippen LogP contribution is 2.30. The van der Waals surface area contributed by atoms with Gasteiger partial charge in [0.05, 0.1) is 12.0 Å². The largest absolute Gasteiger partial charge is 0.315 e. The van der Waals surface area contributed by atoms with E-state index in [-0.39, 0.29) is 5.91 Å². The van der Waals surface area contributed by atoms with Gasteiger partial charge in [-0.1, -0.05) is 18.2 Å². The zero-order valence-corrected chi connectivity index (χ0v) is 16.4. The predicted molar refractivity (Wildman–Crippen MR) is 110 cm³/mol.